The molecule has 4 rings (SSSR count). The van der Waals surface area contributed by atoms with Gasteiger partial charge in [-0.2, -0.15) is 10.2 Å². The molecule has 3 aromatic rings. The Kier molecular flexibility index (Phi) is 5.60. The first kappa shape index (κ1) is 20.5. The van der Waals surface area contributed by atoms with Crippen molar-refractivity contribution in [3.63, 3.8) is 0 Å². The molecule has 0 atom stereocenters. The van der Waals surface area contributed by atoms with E-state index < -0.39 is 0 Å². The molecule has 1 aliphatic rings. The predicted molar refractivity (Wildman–Crippen MR) is 117 cm³/mol. The van der Waals surface area contributed by atoms with Gasteiger partial charge in [-0.05, 0) is 64.3 Å². The Balaban J connectivity index is 1.59. The largest absolute Gasteiger partial charge is 0.348 e. The summed E-state index contributed by atoms with van der Waals surface area (Å²) in [5.41, 5.74) is 5.10. The maximum atomic E-state index is 13.1. The number of fused-ring (bicyclic) bond motifs is 1. The van der Waals surface area contributed by atoms with Crippen LogP contribution in [0.1, 0.15) is 67.1 Å². The van der Waals surface area contributed by atoms with Crippen LogP contribution in [0.4, 0.5) is 0 Å². The van der Waals surface area contributed by atoms with Crippen molar-refractivity contribution in [3.05, 3.63) is 35.4 Å². The van der Waals surface area contributed by atoms with Gasteiger partial charge in [0.05, 0.1) is 5.69 Å². The van der Waals surface area contributed by atoms with Gasteiger partial charge in [0, 0.05) is 29.4 Å². The molecule has 1 aliphatic carbocycles. The highest BCUT2D eigenvalue weighted by molar-refractivity contribution is 5.96. The van der Waals surface area contributed by atoms with Gasteiger partial charge in [0.1, 0.15) is 6.33 Å². The molecule has 2 N–H and O–H groups in total. The molecule has 1 fully saturated rings. The first-order valence-electron chi connectivity index (χ1n) is 10.7. The number of rotatable bonds is 5. The summed E-state index contributed by atoms with van der Waals surface area (Å²) >= 11 is 0. The van der Waals surface area contributed by atoms with Gasteiger partial charge in [-0.3, -0.25) is 9.89 Å². The molecule has 0 unspecified atom stereocenters. The van der Waals surface area contributed by atoms with Crippen molar-refractivity contribution in [1.29, 1.82) is 0 Å². The number of carbonyl (C=O) groups is 1. The van der Waals surface area contributed by atoms with E-state index in [2.05, 4.69) is 64.5 Å². The molecular weight excluding hydrogens is 378 g/mol. The average molecular weight is 410 g/mol. The van der Waals surface area contributed by atoms with Crippen LogP contribution in [0.25, 0.3) is 16.9 Å². The normalized spacial score (nSPS) is 19.7. The molecule has 30 heavy (non-hydrogen) atoms. The van der Waals surface area contributed by atoms with Crippen molar-refractivity contribution in [3.8, 4) is 11.3 Å². The van der Waals surface area contributed by atoms with Gasteiger partial charge >= 0.3 is 0 Å². The number of hydrogen-bond donors (Lipinski definition) is 2. The zero-order valence-electron chi connectivity index (χ0n) is 18.4. The fraction of sp³-hybridized carbons (Fsp3) is 0.545. The van der Waals surface area contributed by atoms with Gasteiger partial charge < -0.3 is 10.2 Å². The zero-order chi connectivity index (χ0) is 21.4. The topological polar surface area (TPSA) is 91.2 Å². The maximum Gasteiger partial charge on any atom is 0.272 e. The Bertz CT molecular complexity index is 1040. The predicted octanol–water partition coefficient (Wildman–Crippen LogP) is 3.15. The molecule has 1 saturated carbocycles. The number of pyridine rings is 1. The van der Waals surface area contributed by atoms with Crippen LogP contribution in [0.15, 0.2) is 18.6 Å². The van der Waals surface area contributed by atoms with Gasteiger partial charge in [0.15, 0.2) is 11.3 Å². The number of nitrogens with one attached hydrogen (secondary N) is 2. The molecule has 3 heterocycles. The summed E-state index contributed by atoms with van der Waals surface area (Å²) < 4.78 is 1.76. The molecule has 0 spiro atoms. The van der Waals surface area contributed by atoms with E-state index in [4.69, 9.17) is 0 Å². The van der Waals surface area contributed by atoms with Crippen LogP contribution in [0.3, 0.4) is 0 Å². The van der Waals surface area contributed by atoms with Crippen molar-refractivity contribution >= 4 is 11.6 Å². The lowest BCUT2D eigenvalue weighted by molar-refractivity contribution is 0.0909. The van der Waals surface area contributed by atoms with Crippen LogP contribution in [-0.2, 0) is 0 Å². The highest BCUT2D eigenvalue weighted by atomic mass is 16.2. The molecule has 0 saturated heterocycles. The third kappa shape index (κ3) is 3.84. The first-order chi connectivity index (χ1) is 14.3. The Morgan fingerprint density at radius 3 is 2.67 bits per heavy atom. The zero-order valence-corrected chi connectivity index (χ0v) is 18.4. The second kappa shape index (κ2) is 8.18. The number of aromatic nitrogens is 5. The second-order valence-corrected chi connectivity index (χ2v) is 8.90. The van der Waals surface area contributed by atoms with Gasteiger partial charge in [-0.25, -0.2) is 9.50 Å². The molecule has 0 aliphatic heterocycles. The van der Waals surface area contributed by atoms with E-state index in [1.807, 2.05) is 13.1 Å². The van der Waals surface area contributed by atoms with Gasteiger partial charge in [-0.15, -0.1) is 0 Å². The van der Waals surface area contributed by atoms with Crippen LogP contribution in [0.2, 0.25) is 0 Å². The Morgan fingerprint density at radius 2 is 2.00 bits per heavy atom. The lowest BCUT2D eigenvalue weighted by atomic mass is 9.90. The molecule has 3 aromatic heterocycles. The molecule has 0 bridgehead atoms. The van der Waals surface area contributed by atoms with E-state index in [0.717, 1.165) is 53.7 Å². The maximum absolute atomic E-state index is 13.1. The monoisotopic (exact) mass is 409 g/mol. The summed E-state index contributed by atoms with van der Waals surface area (Å²) in [7, 11) is 4.25. The third-order valence-electron chi connectivity index (χ3n) is 6.21. The number of nitrogens with zero attached hydrogens (tertiary/aromatic N) is 5. The van der Waals surface area contributed by atoms with Crippen molar-refractivity contribution in [1.82, 2.24) is 35.0 Å². The molecule has 160 valence electrons. The van der Waals surface area contributed by atoms with Crippen LogP contribution in [0, 0.1) is 6.92 Å². The van der Waals surface area contributed by atoms with E-state index in [0.29, 0.717) is 11.7 Å². The van der Waals surface area contributed by atoms with Crippen molar-refractivity contribution < 1.29 is 4.79 Å². The second-order valence-electron chi connectivity index (χ2n) is 8.90. The minimum absolute atomic E-state index is 0.0898. The number of hydrogen-bond acceptors (Lipinski definition) is 5. The first-order valence-corrected chi connectivity index (χ1v) is 10.7. The van der Waals surface area contributed by atoms with E-state index in [1.165, 1.54) is 0 Å². The smallest absolute Gasteiger partial charge is 0.272 e. The molecule has 0 aromatic carbocycles. The van der Waals surface area contributed by atoms with Crippen molar-refractivity contribution in [2.45, 2.75) is 64.5 Å². The molecule has 8 heteroatoms. The van der Waals surface area contributed by atoms with E-state index in [9.17, 15) is 4.79 Å². The lowest BCUT2D eigenvalue weighted by Crippen LogP contribution is -2.42. The number of H-pyrrole nitrogens is 1. The summed E-state index contributed by atoms with van der Waals surface area (Å²) in [5.74, 6) is 0.0591. The quantitative estimate of drug-likeness (QED) is 0.675. The summed E-state index contributed by atoms with van der Waals surface area (Å²) in [4.78, 5) is 19.7. The number of aromatic amines is 1. The fourth-order valence-electron chi connectivity index (χ4n) is 4.53. The summed E-state index contributed by atoms with van der Waals surface area (Å²) in [6.45, 7) is 6.19. The Labute approximate surface area is 177 Å². The summed E-state index contributed by atoms with van der Waals surface area (Å²) in [6.07, 6.45) is 7.71. The number of carbonyl (C=O) groups excluding carboxylic acids is 1. The van der Waals surface area contributed by atoms with Crippen LogP contribution in [-0.4, -0.2) is 61.8 Å². The summed E-state index contributed by atoms with van der Waals surface area (Å²) in [6, 6.07) is 2.88. The highest BCUT2D eigenvalue weighted by Crippen LogP contribution is 2.31. The molecule has 8 nitrogen and oxygen atoms in total. The molecular formula is C22H31N7O. The Hall–Kier alpha value is -2.74. The average Bonchev–Trinajstić information content (AvgIpc) is 3.35. The molecule has 1 amide bonds. The van der Waals surface area contributed by atoms with Gasteiger partial charge in [-0.1, -0.05) is 13.8 Å². The van der Waals surface area contributed by atoms with Crippen LogP contribution in [0.5, 0.6) is 0 Å². The SMILES string of the molecule is Cc1cc(-c2[nH]nc(C(=O)N[C@H]3CC[C@@H](N(C)C)CC3)c2C(C)C)cn2ncnc12. The minimum Gasteiger partial charge on any atom is -0.348 e. The summed E-state index contributed by atoms with van der Waals surface area (Å²) in [5, 5.41) is 15.0. The van der Waals surface area contributed by atoms with Crippen LogP contribution < -0.4 is 5.32 Å². The van der Waals surface area contributed by atoms with E-state index in [1.54, 1.807) is 10.8 Å². The highest BCUT2D eigenvalue weighted by Gasteiger charge is 2.27. The van der Waals surface area contributed by atoms with Gasteiger partial charge in [0.2, 0.25) is 0 Å². The molecule has 0 radical (unpaired) electrons. The number of amides is 1. The minimum atomic E-state index is -0.0898. The van der Waals surface area contributed by atoms with Crippen LogP contribution >= 0.6 is 0 Å². The van der Waals surface area contributed by atoms with E-state index in [-0.39, 0.29) is 17.9 Å². The Morgan fingerprint density at radius 1 is 1.27 bits per heavy atom. The standard InChI is InChI=1S/C22H31N7O/c1-13(2)18-19(15-10-14(3)21-23-12-24-29(21)11-15)26-27-20(18)22(30)25-16-6-8-17(9-7-16)28(4)5/h10-13,16-17H,6-9H2,1-5H3,(H,25,30)(H,26,27)/t16-,17+. The van der Waals surface area contributed by atoms with Crippen molar-refractivity contribution in [2.24, 2.45) is 0 Å². The van der Waals surface area contributed by atoms with E-state index >= 15 is 0 Å². The number of aryl methyl sites for hydroxylation is 1. The fourth-order valence-corrected chi connectivity index (χ4v) is 4.53. The van der Waals surface area contributed by atoms with Gasteiger partial charge in [0.25, 0.3) is 5.91 Å². The lowest BCUT2D eigenvalue weighted by Gasteiger charge is -2.32. The third-order valence-corrected chi connectivity index (χ3v) is 6.21. The van der Waals surface area contributed by atoms with Crippen molar-refractivity contribution in [2.75, 3.05) is 14.1 Å².